The molecule has 0 atom stereocenters. The molecule has 0 radical (unpaired) electrons. The highest BCUT2D eigenvalue weighted by molar-refractivity contribution is 5.81. The molecule has 4 heterocycles. The number of fused-ring (bicyclic) bond motifs is 2. The Morgan fingerprint density at radius 2 is 1.94 bits per heavy atom. The topological polar surface area (TPSA) is 68.4 Å². The second-order valence-electron chi connectivity index (χ2n) is 7.96. The molecule has 5 rings (SSSR count). The third kappa shape index (κ3) is 4.17. The Hall–Kier alpha value is -2.85. The molecule has 31 heavy (non-hydrogen) atoms. The molecule has 0 saturated carbocycles. The molecule has 0 N–H and O–H groups in total. The summed E-state index contributed by atoms with van der Waals surface area (Å²) in [5.74, 6) is 0. The van der Waals surface area contributed by atoms with Gasteiger partial charge in [0.2, 0.25) is 0 Å². The highest BCUT2D eigenvalue weighted by Crippen LogP contribution is 2.21. The minimum atomic E-state index is -2.59. The van der Waals surface area contributed by atoms with E-state index in [9.17, 15) is 13.6 Å². The van der Waals surface area contributed by atoms with Gasteiger partial charge in [0, 0.05) is 38.4 Å². The third-order valence-corrected chi connectivity index (χ3v) is 5.88. The lowest BCUT2D eigenvalue weighted by molar-refractivity contribution is 0.0799. The van der Waals surface area contributed by atoms with E-state index < -0.39 is 18.5 Å². The summed E-state index contributed by atoms with van der Waals surface area (Å²) in [6, 6.07) is 7.55. The molecule has 0 unspecified atom stereocenters. The van der Waals surface area contributed by atoms with Crippen LogP contribution in [0.4, 0.5) is 14.5 Å². The van der Waals surface area contributed by atoms with Crippen molar-refractivity contribution < 1.29 is 13.5 Å². The highest BCUT2D eigenvalue weighted by Gasteiger charge is 2.20. The van der Waals surface area contributed by atoms with Gasteiger partial charge in [-0.05, 0) is 24.3 Å². The molecule has 3 aromatic rings. The number of nitrogens with zero attached hydrogens (tertiary/aromatic N) is 6. The summed E-state index contributed by atoms with van der Waals surface area (Å²) in [7, 11) is 0. The first kappa shape index (κ1) is 20.1. The predicted molar refractivity (Wildman–Crippen MR) is 111 cm³/mol. The van der Waals surface area contributed by atoms with Gasteiger partial charge in [-0.15, -0.1) is 0 Å². The van der Waals surface area contributed by atoms with E-state index in [0.29, 0.717) is 24.1 Å². The molecule has 2 aromatic heterocycles. The number of benzene rings is 1. The van der Waals surface area contributed by atoms with Crippen LogP contribution in [-0.2, 0) is 31.0 Å². The Kier molecular flexibility index (Phi) is 5.41. The van der Waals surface area contributed by atoms with Crippen molar-refractivity contribution >= 4 is 16.6 Å². The van der Waals surface area contributed by atoms with Crippen molar-refractivity contribution in [3.8, 4) is 0 Å². The molecule has 0 amide bonds. The lowest BCUT2D eigenvalue weighted by Gasteiger charge is -2.35. The maximum atomic E-state index is 12.6. The minimum absolute atomic E-state index is 0.360. The average molecular weight is 430 g/mol. The number of anilines is 1. The van der Waals surface area contributed by atoms with Gasteiger partial charge in [-0.2, -0.15) is 5.10 Å². The van der Waals surface area contributed by atoms with Crippen LogP contribution >= 0.6 is 0 Å². The van der Waals surface area contributed by atoms with E-state index in [1.807, 2.05) is 16.8 Å². The summed E-state index contributed by atoms with van der Waals surface area (Å²) < 4.78 is 33.7. The molecular weight excluding hydrogens is 406 g/mol. The standard InChI is InChI=1S/C21H24F2N6O2/c22-20(23)12-28-14-24-19-10-16(1-2-18(19)21(28)30)27-5-3-26(4-6-27)11-15-9-17-13-31-8-7-29(17)25-15/h1-2,9-10,14,20H,3-8,11-13H2. The van der Waals surface area contributed by atoms with Gasteiger partial charge in [0.05, 0.1) is 54.9 Å². The SMILES string of the molecule is O=c1c2ccc(N3CCN(Cc4cc5n(n4)CCOC5)CC3)cc2ncn1CC(F)F. The summed E-state index contributed by atoms with van der Waals surface area (Å²) in [5.41, 5.74) is 3.29. The lowest BCUT2D eigenvalue weighted by Crippen LogP contribution is -2.46. The highest BCUT2D eigenvalue weighted by atomic mass is 19.3. The van der Waals surface area contributed by atoms with Crippen LogP contribution in [-0.4, -0.2) is 63.4 Å². The summed E-state index contributed by atoms with van der Waals surface area (Å²) in [5, 5.41) is 5.04. The first-order valence-electron chi connectivity index (χ1n) is 10.4. The Morgan fingerprint density at radius 1 is 1.10 bits per heavy atom. The fourth-order valence-electron chi connectivity index (χ4n) is 4.25. The van der Waals surface area contributed by atoms with Crippen molar-refractivity contribution in [2.24, 2.45) is 0 Å². The van der Waals surface area contributed by atoms with Gasteiger partial charge in [0.1, 0.15) is 0 Å². The quantitative estimate of drug-likeness (QED) is 0.614. The van der Waals surface area contributed by atoms with Crippen LogP contribution in [0.2, 0.25) is 0 Å². The van der Waals surface area contributed by atoms with E-state index in [0.717, 1.165) is 60.9 Å². The van der Waals surface area contributed by atoms with Gasteiger partial charge in [-0.3, -0.25) is 18.9 Å². The number of halogens is 2. The minimum Gasteiger partial charge on any atom is -0.373 e. The third-order valence-electron chi connectivity index (χ3n) is 5.88. The van der Waals surface area contributed by atoms with Gasteiger partial charge >= 0.3 is 0 Å². The van der Waals surface area contributed by atoms with E-state index in [2.05, 4.69) is 25.9 Å². The molecule has 8 nitrogen and oxygen atoms in total. The van der Waals surface area contributed by atoms with Gasteiger partial charge < -0.3 is 9.64 Å². The number of hydrogen-bond acceptors (Lipinski definition) is 6. The molecule has 1 fully saturated rings. The smallest absolute Gasteiger partial charge is 0.261 e. The molecular formula is C21H24F2N6O2. The summed E-state index contributed by atoms with van der Waals surface area (Å²) in [6.07, 6.45) is -1.39. The zero-order chi connectivity index (χ0) is 21.4. The molecule has 2 aliphatic rings. The van der Waals surface area contributed by atoms with Crippen LogP contribution in [0.3, 0.4) is 0 Å². The average Bonchev–Trinajstić information content (AvgIpc) is 3.18. The zero-order valence-electron chi connectivity index (χ0n) is 17.1. The first-order chi connectivity index (χ1) is 15.1. The first-order valence-corrected chi connectivity index (χ1v) is 10.4. The number of hydrogen-bond donors (Lipinski definition) is 0. The van der Waals surface area contributed by atoms with Crippen LogP contribution in [0, 0.1) is 0 Å². The van der Waals surface area contributed by atoms with Crippen molar-refractivity contribution in [3.05, 3.63) is 52.3 Å². The molecule has 10 heteroatoms. The van der Waals surface area contributed by atoms with E-state index in [4.69, 9.17) is 4.74 Å². The molecule has 0 aliphatic carbocycles. The number of rotatable bonds is 5. The van der Waals surface area contributed by atoms with E-state index in [-0.39, 0.29) is 0 Å². The van der Waals surface area contributed by atoms with Crippen LogP contribution in [0.25, 0.3) is 10.9 Å². The molecule has 2 aliphatic heterocycles. The van der Waals surface area contributed by atoms with Gasteiger partial charge in [0.15, 0.2) is 0 Å². The van der Waals surface area contributed by atoms with Crippen LogP contribution in [0.5, 0.6) is 0 Å². The lowest BCUT2D eigenvalue weighted by atomic mass is 10.2. The molecule has 0 bridgehead atoms. The summed E-state index contributed by atoms with van der Waals surface area (Å²) in [4.78, 5) is 21.3. The Morgan fingerprint density at radius 3 is 2.71 bits per heavy atom. The van der Waals surface area contributed by atoms with Crippen molar-refractivity contribution in [1.82, 2.24) is 24.2 Å². The van der Waals surface area contributed by atoms with Crippen molar-refractivity contribution in [2.75, 3.05) is 37.7 Å². The maximum Gasteiger partial charge on any atom is 0.261 e. The number of piperazine rings is 1. The monoisotopic (exact) mass is 430 g/mol. The largest absolute Gasteiger partial charge is 0.373 e. The molecule has 0 spiro atoms. The molecule has 1 saturated heterocycles. The second kappa shape index (κ2) is 8.35. The number of alkyl halides is 2. The number of aromatic nitrogens is 4. The van der Waals surface area contributed by atoms with E-state index in [1.54, 1.807) is 6.07 Å². The Labute approximate surface area is 177 Å². The van der Waals surface area contributed by atoms with Crippen LogP contribution < -0.4 is 10.5 Å². The van der Waals surface area contributed by atoms with Gasteiger partial charge in [-0.25, -0.2) is 13.8 Å². The predicted octanol–water partition coefficient (Wildman–Crippen LogP) is 1.71. The maximum absolute atomic E-state index is 12.6. The summed E-state index contributed by atoms with van der Waals surface area (Å²) >= 11 is 0. The van der Waals surface area contributed by atoms with Crippen molar-refractivity contribution in [3.63, 3.8) is 0 Å². The Bertz CT molecular complexity index is 1110. The fourth-order valence-corrected chi connectivity index (χ4v) is 4.25. The van der Waals surface area contributed by atoms with Gasteiger partial charge in [0.25, 0.3) is 12.0 Å². The van der Waals surface area contributed by atoms with E-state index in [1.165, 1.54) is 6.33 Å². The molecule has 164 valence electrons. The van der Waals surface area contributed by atoms with E-state index >= 15 is 0 Å². The number of ether oxygens (including phenoxy) is 1. The zero-order valence-corrected chi connectivity index (χ0v) is 17.1. The normalized spacial score (nSPS) is 17.5. The fraction of sp³-hybridized carbons (Fsp3) is 0.476. The summed E-state index contributed by atoms with van der Waals surface area (Å²) in [6.45, 7) is 5.84. The van der Waals surface area contributed by atoms with Crippen molar-refractivity contribution in [1.29, 1.82) is 0 Å². The molecule has 1 aromatic carbocycles. The van der Waals surface area contributed by atoms with Crippen LogP contribution in [0.15, 0.2) is 35.4 Å². The second-order valence-corrected chi connectivity index (χ2v) is 7.96. The van der Waals surface area contributed by atoms with Crippen molar-refractivity contribution in [2.45, 2.75) is 32.7 Å². The Balaban J connectivity index is 1.24. The van der Waals surface area contributed by atoms with Gasteiger partial charge in [-0.1, -0.05) is 0 Å². The van der Waals surface area contributed by atoms with Crippen LogP contribution in [0.1, 0.15) is 11.4 Å².